The van der Waals surface area contributed by atoms with Crippen LogP contribution in [0.1, 0.15) is 131 Å². The molecule has 0 unspecified atom stereocenters. The molecule has 4 fully saturated rings. The van der Waals surface area contributed by atoms with Gasteiger partial charge in [-0.3, -0.25) is 4.79 Å². The Morgan fingerprint density at radius 1 is 1.00 bits per heavy atom. The van der Waals surface area contributed by atoms with Crippen molar-refractivity contribution in [3.8, 4) is 0 Å². The van der Waals surface area contributed by atoms with Crippen molar-refractivity contribution < 1.29 is 9.53 Å². The second kappa shape index (κ2) is 12.0. The van der Waals surface area contributed by atoms with Crippen molar-refractivity contribution in [3.05, 3.63) is 11.6 Å². The lowest BCUT2D eigenvalue weighted by Gasteiger charge is -2.58. The summed E-state index contributed by atoms with van der Waals surface area (Å²) >= 11 is 0. The summed E-state index contributed by atoms with van der Waals surface area (Å²) < 4.78 is 6.08. The highest BCUT2D eigenvalue weighted by molar-refractivity contribution is 5.69. The maximum Gasteiger partial charge on any atom is 0.307 e. The molecule has 4 aliphatic carbocycles. The lowest BCUT2D eigenvalue weighted by Crippen LogP contribution is -2.51. The third-order valence-electron chi connectivity index (χ3n) is 12.6. The Kier molecular flexibility index (Phi) is 9.03. The predicted molar refractivity (Wildman–Crippen MR) is 158 cm³/mol. The van der Waals surface area contributed by atoms with Crippen LogP contribution in [0.4, 0.5) is 0 Å². The maximum atomic E-state index is 12.7. The first-order valence-electron chi connectivity index (χ1n) is 16.8. The second-order valence-electron chi connectivity index (χ2n) is 15.3. The number of hydrogen-bond acceptors (Lipinski definition) is 3. The summed E-state index contributed by atoms with van der Waals surface area (Å²) in [7, 11) is 0. The molecule has 3 saturated carbocycles. The minimum absolute atomic E-state index is 0.0337. The van der Waals surface area contributed by atoms with Gasteiger partial charge in [0.15, 0.2) is 0 Å². The third-order valence-corrected chi connectivity index (χ3v) is 12.6. The highest BCUT2D eigenvalue weighted by atomic mass is 16.5. The minimum atomic E-state index is 0.0337. The number of likely N-dealkylation sites (tertiary alicyclic amines) is 1. The van der Waals surface area contributed by atoms with Crippen molar-refractivity contribution >= 4 is 5.97 Å². The highest BCUT2D eigenvalue weighted by Gasteiger charge is 2.59. The molecule has 5 aliphatic rings. The monoisotopic (exact) mass is 525 g/mol. The van der Waals surface area contributed by atoms with Gasteiger partial charge in [0.05, 0.1) is 6.42 Å². The van der Waals surface area contributed by atoms with E-state index in [1.807, 2.05) is 0 Å². The summed E-state index contributed by atoms with van der Waals surface area (Å²) in [5.41, 5.74) is 2.53. The number of esters is 1. The fourth-order valence-electron chi connectivity index (χ4n) is 10.4. The molecular formula is C35H59NO2. The molecule has 0 N–H and O–H groups in total. The van der Waals surface area contributed by atoms with Crippen molar-refractivity contribution in [3.63, 3.8) is 0 Å². The fourth-order valence-corrected chi connectivity index (χ4v) is 10.4. The smallest absolute Gasteiger partial charge is 0.307 e. The Morgan fingerprint density at radius 2 is 1.79 bits per heavy atom. The molecule has 8 atom stereocenters. The largest absolute Gasteiger partial charge is 0.462 e. The van der Waals surface area contributed by atoms with E-state index < -0.39 is 0 Å². The maximum absolute atomic E-state index is 12.7. The van der Waals surface area contributed by atoms with Crippen LogP contribution in [0.15, 0.2) is 11.6 Å². The van der Waals surface area contributed by atoms with Crippen molar-refractivity contribution in [2.24, 2.45) is 46.3 Å². The van der Waals surface area contributed by atoms with Crippen LogP contribution >= 0.6 is 0 Å². The molecule has 1 heterocycles. The van der Waals surface area contributed by atoms with Crippen LogP contribution in [-0.4, -0.2) is 36.6 Å². The van der Waals surface area contributed by atoms with Gasteiger partial charge in [0, 0.05) is 13.0 Å². The van der Waals surface area contributed by atoms with Crippen molar-refractivity contribution in [1.82, 2.24) is 4.90 Å². The van der Waals surface area contributed by atoms with Crippen LogP contribution in [0.25, 0.3) is 0 Å². The van der Waals surface area contributed by atoms with Gasteiger partial charge in [-0.2, -0.15) is 0 Å². The molecule has 0 amide bonds. The van der Waals surface area contributed by atoms with Crippen molar-refractivity contribution in [2.45, 2.75) is 137 Å². The Balaban J connectivity index is 1.17. The second-order valence-corrected chi connectivity index (χ2v) is 15.3. The molecule has 216 valence electrons. The Labute approximate surface area is 234 Å². The number of ether oxygens (including phenoxy) is 1. The predicted octanol–water partition coefficient (Wildman–Crippen LogP) is 8.82. The lowest BCUT2D eigenvalue weighted by molar-refractivity contribution is -0.152. The fraction of sp³-hybridized carbons (Fsp3) is 0.914. The molecule has 0 aromatic rings. The van der Waals surface area contributed by atoms with Gasteiger partial charge in [-0.15, -0.1) is 0 Å². The highest BCUT2D eigenvalue weighted by Crippen LogP contribution is 2.67. The van der Waals surface area contributed by atoms with Gasteiger partial charge in [0.1, 0.15) is 6.10 Å². The average molecular weight is 526 g/mol. The summed E-state index contributed by atoms with van der Waals surface area (Å²) in [6.45, 7) is 15.8. The zero-order valence-electron chi connectivity index (χ0n) is 25.6. The SMILES string of the molecule is CC(C)CCC[C@H](C)[C@H]1CC[C@H]2[C@@H]3CC=C4C[C@H](OC(=O)CCN5CCCCC5)CC[C@]4(C)[C@H]3CC[C@]12C. The van der Waals surface area contributed by atoms with E-state index in [0.29, 0.717) is 17.3 Å². The van der Waals surface area contributed by atoms with Gasteiger partial charge in [0.25, 0.3) is 0 Å². The van der Waals surface area contributed by atoms with E-state index >= 15 is 0 Å². The molecule has 1 aliphatic heterocycles. The molecule has 0 spiro atoms. The number of carbonyl (C=O) groups is 1. The Bertz CT molecular complexity index is 843. The first-order valence-corrected chi connectivity index (χ1v) is 16.8. The molecule has 3 heteroatoms. The topological polar surface area (TPSA) is 29.5 Å². The Hall–Kier alpha value is -0.830. The molecule has 0 bridgehead atoms. The molecular weight excluding hydrogens is 466 g/mol. The van der Waals surface area contributed by atoms with E-state index in [2.05, 4.69) is 45.6 Å². The summed E-state index contributed by atoms with van der Waals surface area (Å²) in [5, 5.41) is 0. The van der Waals surface area contributed by atoms with E-state index in [0.717, 1.165) is 68.0 Å². The van der Waals surface area contributed by atoms with Crippen LogP contribution in [-0.2, 0) is 9.53 Å². The van der Waals surface area contributed by atoms with E-state index in [9.17, 15) is 4.79 Å². The van der Waals surface area contributed by atoms with Gasteiger partial charge < -0.3 is 9.64 Å². The zero-order valence-corrected chi connectivity index (χ0v) is 25.6. The quantitative estimate of drug-likeness (QED) is 0.222. The molecule has 3 nitrogen and oxygen atoms in total. The summed E-state index contributed by atoms with van der Waals surface area (Å²) in [6.07, 6.45) is 21.8. The van der Waals surface area contributed by atoms with E-state index in [4.69, 9.17) is 4.74 Å². The number of hydrogen-bond donors (Lipinski definition) is 0. The lowest BCUT2D eigenvalue weighted by atomic mass is 9.47. The third kappa shape index (κ3) is 5.80. The molecule has 0 radical (unpaired) electrons. The molecule has 1 saturated heterocycles. The van der Waals surface area contributed by atoms with Crippen LogP contribution < -0.4 is 0 Å². The summed E-state index contributed by atoms with van der Waals surface area (Å²) in [6, 6.07) is 0. The summed E-state index contributed by atoms with van der Waals surface area (Å²) in [4.78, 5) is 15.1. The van der Waals surface area contributed by atoms with Crippen molar-refractivity contribution in [1.29, 1.82) is 0 Å². The van der Waals surface area contributed by atoms with Gasteiger partial charge in [-0.25, -0.2) is 0 Å². The average Bonchev–Trinajstić information content (AvgIpc) is 3.25. The van der Waals surface area contributed by atoms with Gasteiger partial charge in [-0.1, -0.05) is 72.0 Å². The minimum Gasteiger partial charge on any atom is -0.462 e. The van der Waals surface area contributed by atoms with Crippen LogP contribution in [0.2, 0.25) is 0 Å². The standard InChI is InChI=1S/C35H59NO2/c1-25(2)10-9-11-26(3)30-14-15-31-29-13-12-27-24-28(38-33(37)18-23-36-21-7-6-8-22-36)16-19-34(27,4)32(29)17-20-35(30,31)5/h12,25-26,28-32H,6-11,13-24H2,1-5H3/t26-,28+,29-,30+,31-,32-,34-,35+/m0/s1. The number of nitrogens with zero attached hydrogens (tertiary/aromatic N) is 1. The summed E-state index contributed by atoms with van der Waals surface area (Å²) in [5.74, 6) is 5.31. The van der Waals surface area contributed by atoms with Gasteiger partial charge in [-0.05, 0) is 117 Å². The van der Waals surface area contributed by atoms with E-state index in [1.165, 1.54) is 77.0 Å². The van der Waals surface area contributed by atoms with Crippen LogP contribution in [0.3, 0.4) is 0 Å². The normalized spacial score (nSPS) is 40.2. The Morgan fingerprint density at radius 3 is 2.55 bits per heavy atom. The van der Waals surface area contributed by atoms with Crippen LogP contribution in [0, 0.1) is 46.3 Å². The number of piperidine rings is 1. The van der Waals surface area contributed by atoms with E-state index in [1.54, 1.807) is 5.57 Å². The van der Waals surface area contributed by atoms with Gasteiger partial charge >= 0.3 is 5.97 Å². The number of fused-ring (bicyclic) bond motifs is 5. The van der Waals surface area contributed by atoms with Crippen molar-refractivity contribution in [2.75, 3.05) is 19.6 Å². The molecule has 38 heavy (non-hydrogen) atoms. The zero-order chi connectivity index (χ0) is 26.9. The number of rotatable bonds is 9. The molecule has 5 rings (SSSR count). The first kappa shape index (κ1) is 28.7. The van der Waals surface area contributed by atoms with E-state index in [-0.39, 0.29) is 12.1 Å². The molecule has 0 aromatic heterocycles. The molecule has 0 aromatic carbocycles. The first-order chi connectivity index (χ1) is 18.2. The number of carbonyl (C=O) groups excluding carboxylic acids is 1. The number of allylic oxidation sites excluding steroid dienone is 1. The van der Waals surface area contributed by atoms with Crippen LogP contribution in [0.5, 0.6) is 0 Å². The van der Waals surface area contributed by atoms with Gasteiger partial charge in [0.2, 0.25) is 0 Å².